The molecule has 1 atom stereocenters. The lowest BCUT2D eigenvalue weighted by molar-refractivity contribution is -0.139. The Bertz CT molecular complexity index is 287. The minimum absolute atomic E-state index is 0.338. The minimum Gasteiger partial charge on any atom is -0.480 e. The van der Waals surface area contributed by atoms with Crippen LogP contribution < -0.4 is 10.6 Å². The van der Waals surface area contributed by atoms with E-state index in [2.05, 4.69) is 10.6 Å². The van der Waals surface area contributed by atoms with Crippen molar-refractivity contribution in [1.29, 1.82) is 0 Å². The molecule has 1 amide bonds. The molecule has 0 saturated carbocycles. The van der Waals surface area contributed by atoms with E-state index in [1.807, 2.05) is 6.92 Å². The van der Waals surface area contributed by atoms with Gasteiger partial charge in [-0.05, 0) is 27.2 Å². The van der Waals surface area contributed by atoms with E-state index in [9.17, 15) is 9.59 Å². The summed E-state index contributed by atoms with van der Waals surface area (Å²) in [6.07, 6.45) is 1.93. The number of hydrogen-bond acceptors (Lipinski definition) is 4. The molecule has 0 aliphatic carbocycles. The van der Waals surface area contributed by atoms with Crippen molar-refractivity contribution < 1.29 is 19.4 Å². The molecule has 0 bridgehead atoms. The molecule has 0 aromatic rings. The first kappa shape index (κ1) is 17.7. The standard InChI is InChI=1S/C13H26N2O4/c1-5-6-7-10(11(16)17)14-8-9-15-12(18)19-13(2,3)4/h10,14H,5-9H2,1-4H3,(H,15,18)(H,16,17)/t10-/m0/s1. The fourth-order valence-corrected chi connectivity index (χ4v) is 1.45. The third-order valence-electron chi connectivity index (χ3n) is 2.33. The summed E-state index contributed by atoms with van der Waals surface area (Å²) in [7, 11) is 0. The van der Waals surface area contributed by atoms with Gasteiger partial charge in [-0.1, -0.05) is 19.8 Å². The molecule has 112 valence electrons. The Morgan fingerprint density at radius 1 is 1.26 bits per heavy atom. The summed E-state index contributed by atoms with van der Waals surface area (Å²) >= 11 is 0. The number of amides is 1. The van der Waals surface area contributed by atoms with Gasteiger partial charge in [-0.3, -0.25) is 4.79 Å². The van der Waals surface area contributed by atoms with E-state index in [0.717, 1.165) is 12.8 Å². The highest BCUT2D eigenvalue weighted by molar-refractivity contribution is 5.73. The third kappa shape index (κ3) is 10.3. The molecule has 0 saturated heterocycles. The van der Waals surface area contributed by atoms with Crippen molar-refractivity contribution in [1.82, 2.24) is 10.6 Å². The topological polar surface area (TPSA) is 87.7 Å². The van der Waals surface area contributed by atoms with Gasteiger partial charge in [0.15, 0.2) is 0 Å². The van der Waals surface area contributed by atoms with Gasteiger partial charge in [0.05, 0.1) is 0 Å². The first-order chi connectivity index (χ1) is 8.76. The number of carbonyl (C=O) groups is 2. The van der Waals surface area contributed by atoms with E-state index in [-0.39, 0.29) is 0 Å². The van der Waals surface area contributed by atoms with Crippen LogP contribution in [0.25, 0.3) is 0 Å². The van der Waals surface area contributed by atoms with Crippen LogP contribution >= 0.6 is 0 Å². The van der Waals surface area contributed by atoms with Crippen LogP contribution in [0.4, 0.5) is 4.79 Å². The zero-order valence-corrected chi connectivity index (χ0v) is 12.3. The predicted octanol–water partition coefficient (Wildman–Crippen LogP) is 1.74. The molecule has 0 radical (unpaired) electrons. The van der Waals surface area contributed by atoms with Crippen LogP contribution in [-0.4, -0.2) is 41.9 Å². The number of nitrogens with one attached hydrogen (secondary N) is 2. The molecule has 6 heteroatoms. The Labute approximate surface area is 114 Å². The van der Waals surface area contributed by atoms with Crippen molar-refractivity contribution in [3.63, 3.8) is 0 Å². The van der Waals surface area contributed by atoms with Crippen LogP contribution in [0.15, 0.2) is 0 Å². The van der Waals surface area contributed by atoms with Gasteiger partial charge in [0, 0.05) is 13.1 Å². The first-order valence-electron chi connectivity index (χ1n) is 6.69. The van der Waals surface area contributed by atoms with Crippen LogP contribution in [0, 0.1) is 0 Å². The van der Waals surface area contributed by atoms with Crippen LogP contribution in [0.2, 0.25) is 0 Å². The van der Waals surface area contributed by atoms with Gasteiger partial charge in [-0.25, -0.2) is 4.79 Å². The van der Waals surface area contributed by atoms with E-state index < -0.39 is 23.7 Å². The number of ether oxygens (including phenoxy) is 1. The number of carboxylic acids is 1. The van der Waals surface area contributed by atoms with Crippen LogP contribution in [0.3, 0.4) is 0 Å². The van der Waals surface area contributed by atoms with Crippen molar-refractivity contribution in [3.8, 4) is 0 Å². The molecule has 0 unspecified atom stereocenters. The fourth-order valence-electron chi connectivity index (χ4n) is 1.45. The highest BCUT2D eigenvalue weighted by Crippen LogP contribution is 2.06. The van der Waals surface area contributed by atoms with Crippen LogP contribution in [0.5, 0.6) is 0 Å². The van der Waals surface area contributed by atoms with Gasteiger partial charge in [0.2, 0.25) is 0 Å². The minimum atomic E-state index is -0.856. The molecule has 0 rings (SSSR count). The highest BCUT2D eigenvalue weighted by atomic mass is 16.6. The fraction of sp³-hybridized carbons (Fsp3) is 0.846. The number of alkyl carbamates (subject to hydrolysis) is 1. The number of carbonyl (C=O) groups excluding carboxylic acids is 1. The molecule has 0 aromatic heterocycles. The molecule has 3 N–H and O–H groups in total. The lowest BCUT2D eigenvalue weighted by atomic mass is 10.1. The van der Waals surface area contributed by atoms with Gasteiger partial charge in [0.25, 0.3) is 0 Å². The molecule has 0 fully saturated rings. The van der Waals surface area contributed by atoms with E-state index >= 15 is 0 Å². The molecule has 0 heterocycles. The summed E-state index contributed by atoms with van der Waals surface area (Å²) in [4.78, 5) is 22.3. The lowest BCUT2D eigenvalue weighted by Gasteiger charge is -2.20. The number of aliphatic carboxylic acids is 1. The average Bonchev–Trinajstić information content (AvgIpc) is 2.25. The van der Waals surface area contributed by atoms with Crippen LogP contribution in [-0.2, 0) is 9.53 Å². The van der Waals surface area contributed by atoms with Gasteiger partial charge in [0.1, 0.15) is 11.6 Å². The number of rotatable bonds is 8. The summed E-state index contributed by atoms with van der Waals surface area (Å²) in [6.45, 7) is 8.12. The maximum atomic E-state index is 11.3. The van der Waals surface area contributed by atoms with Gasteiger partial charge >= 0.3 is 12.1 Å². The summed E-state index contributed by atoms with van der Waals surface area (Å²) in [5, 5.41) is 14.5. The Balaban J connectivity index is 3.82. The number of hydrogen-bond donors (Lipinski definition) is 3. The van der Waals surface area contributed by atoms with E-state index in [0.29, 0.717) is 19.5 Å². The zero-order valence-electron chi connectivity index (χ0n) is 12.3. The van der Waals surface area contributed by atoms with Crippen molar-refractivity contribution >= 4 is 12.1 Å². The Hall–Kier alpha value is -1.30. The first-order valence-corrected chi connectivity index (χ1v) is 6.69. The predicted molar refractivity (Wildman–Crippen MR) is 73.2 cm³/mol. The molecule has 0 aliphatic heterocycles. The Morgan fingerprint density at radius 3 is 2.37 bits per heavy atom. The number of unbranched alkanes of at least 4 members (excludes halogenated alkanes) is 1. The second-order valence-electron chi connectivity index (χ2n) is 5.42. The maximum absolute atomic E-state index is 11.3. The number of carboxylic acid groups (broad SMARTS) is 1. The smallest absolute Gasteiger partial charge is 0.407 e. The molecule has 6 nitrogen and oxygen atoms in total. The normalized spacial score (nSPS) is 12.8. The zero-order chi connectivity index (χ0) is 14.9. The molecule has 0 aliphatic rings. The average molecular weight is 274 g/mol. The van der Waals surface area contributed by atoms with Crippen molar-refractivity contribution in [3.05, 3.63) is 0 Å². The molecule has 0 aromatic carbocycles. The van der Waals surface area contributed by atoms with Gasteiger partial charge in [-0.2, -0.15) is 0 Å². The summed E-state index contributed by atoms with van der Waals surface area (Å²) in [5.41, 5.74) is -0.526. The van der Waals surface area contributed by atoms with Gasteiger partial charge < -0.3 is 20.5 Å². The molecule has 19 heavy (non-hydrogen) atoms. The highest BCUT2D eigenvalue weighted by Gasteiger charge is 2.17. The molecule has 0 spiro atoms. The summed E-state index contributed by atoms with van der Waals surface area (Å²) in [5.74, 6) is -0.856. The molecular formula is C13H26N2O4. The SMILES string of the molecule is CCCC[C@H](NCCNC(=O)OC(C)(C)C)C(=O)O. The molecular weight excluding hydrogens is 248 g/mol. The van der Waals surface area contributed by atoms with Crippen molar-refractivity contribution in [2.45, 2.75) is 58.6 Å². The van der Waals surface area contributed by atoms with Crippen molar-refractivity contribution in [2.75, 3.05) is 13.1 Å². The third-order valence-corrected chi connectivity index (χ3v) is 2.33. The Morgan fingerprint density at radius 2 is 1.89 bits per heavy atom. The van der Waals surface area contributed by atoms with E-state index in [1.165, 1.54) is 0 Å². The maximum Gasteiger partial charge on any atom is 0.407 e. The van der Waals surface area contributed by atoms with Crippen molar-refractivity contribution in [2.24, 2.45) is 0 Å². The Kier molecular flexibility index (Phi) is 8.14. The van der Waals surface area contributed by atoms with Crippen LogP contribution in [0.1, 0.15) is 47.0 Å². The summed E-state index contributed by atoms with van der Waals surface area (Å²) in [6, 6.07) is -0.555. The quantitative estimate of drug-likeness (QED) is 0.587. The summed E-state index contributed by atoms with van der Waals surface area (Å²) < 4.78 is 5.06. The second-order valence-corrected chi connectivity index (χ2v) is 5.42. The largest absolute Gasteiger partial charge is 0.480 e. The monoisotopic (exact) mass is 274 g/mol. The lowest BCUT2D eigenvalue weighted by Crippen LogP contribution is -2.42. The van der Waals surface area contributed by atoms with E-state index in [4.69, 9.17) is 9.84 Å². The van der Waals surface area contributed by atoms with E-state index in [1.54, 1.807) is 20.8 Å². The van der Waals surface area contributed by atoms with Gasteiger partial charge in [-0.15, -0.1) is 0 Å². The second kappa shape index (κ2) is 8.74.